The van der Waals surface area contributed by atoms with Crippen molar-refractivity contribution in [1.82, 2.24) is 9.47 Å². The monoisotopic (exact) mass is 370 g/mol. The lowest BCUT2D eigenvalue weighted by atomic mass is 10.2. The van der Waals surface area contributed by atoms with Crippen LogP contribution in [-0.2, 0) is 6.67 Å². The molecule has 1 aliphatic rings. The highest BCUT2D eigenvalue weighted by atomic mass is 32.1. The molecule has 0 aliphatic carbocycles. The molecule has 4 rings (SSSR count). The Balaban J connectivity index is 1.42. The summed E-state index contributed by atoms with van der Waals surface area (Å²) < 4.78 is 7.67. The highest BCUT2D eigenvalue weighted by molar-refractivity contribution is 7.71. The van der Waals surface area contributed by atoms with Crippen LogP contribution >= 0.6 is 12.2 Å². The number of nitrogens with zero attached hydrogens (tertiary/aromatic N) is 4. The minimum Gasteiger partial charge on any atom is -0.429 e. The van der Waals surface area contributed by atoms with Gasteiger partial charge in [-0.2, -0.15) is 0 Å². The van der Waals surface area contributed by atoms with Gasteiger partial charge >= 0.3 is 0 Å². The Morgan fingerprint density at radius 3 is 2.42 bits per heavy atom. The second-order valence-corrected chi connectivity index (χ2v) is 6.63. The molecule has 134 valence electrons. The number of non-ortho nitro benzene ring substituents is 1. The van der Waals surface area contributed by atoms with Crippen LogP contribution in [0.3, 0.4) is 0 Å². The average Bonchev–Trinajstić information content (AvgIpc) is 2.98. The van der Waals surface area contributed by atoms with Crippen LogP contribution in [0.5, 0.6) is 0 Å². The van der Waals surface area contributed by atoms with Crippen LogP contribution in [0.2, 0.25) is 0 Å². The van der Waals surface area contributed by atoms with Crippen LogP contribution in [0, 0.1) is 15.0 Å². The molecule has 0 bridgehead atoms. The lowest BCUT2D eigenvalue weighted by Crippen LogP contribution is -2.46. The molecular formula is C18H18N4O3S. The van der Waals surface area contributed by atoms with E-state index in [2.05, 4.69) is 9.80 Å². The number of benzene rings is 2. The minimum absolute atomic E-state index is 0.119. The molecular weight excluding hydrogens is 352 g/mol. The zero-order valence-corrected chi connectivity index (χ0v) is 14.9. The normalized spacial score (nSPS) is 15.5. The Morgan fingerprint density at radius 2 is 1.73 bits per heavy atom. The first-order chi connectivity index (χ1) is 12.6. The Bertz CT molecular complexity index is 988. The SMILES string of the molecule is O=[N+]([O-])c1ccc(N2CCN(Cn3c(=S)oc4ccccc43)CC2)cc1. The van der Waals surface area contributed by atoms with Crippen LogP contribution in [-0.4, -0.2) is 40.6 Å². The van der Waals surface area contributed by atoms with Crippen LogP contribution in [0.15, 0.2) is 52.9 Å². The summed E-state index contributed by atoms with van der Waals surface area (Å²) in [5.41, 5.74) is 2.95. The van der Waals surface area contributed by atoms with Crippen molar-refractivity contribution in [1.29, 1.82) is 0 Å². The van der Waals surface area contributed by atoms with Crippen molar-refractivity contribution < 1.29 is 9.34 Å². The zero-order valence-electron chi connectivity index (χ0n) is 14.1. The van der Waals surface area contributed by atoms with E-state index in [0.29, 0.717) is 11.5 Å². The summed E-state index contributed by atoms with van der Waals surface area (Å²) in [4.78, 5) is 15.5. The molecule has 0 N–H and O–H groups in total. The first-order valence-corrected chi connectivity index (χ1v) is 8.83. The Hall–Kier alpha value is -2.71. The van der Waals surface area contributed by atoms with Crippen LogP contribution in [0.1, 0.15) is 0 Å². The molecule has 0 amide bonds. The number of hydrogen-bond acceptors (Lipinski definition) is 6. The highest BCUT2D eigenvalue weighted by Gasteiger charge is 2.19. The van der Waals surface area contributed by atoms with Crippen molar-refractivity contribution in [2.75, 3.05) is 31.1 Å². The number of piperazine rings is 1. The quantitative estimate of drug-likeness (QED) is 0.397. The largest absolute Gasteiger partial charge is 0.429 e. The van der Waals surface area contributed by atoms with Gasteiger partial charge in [-0.05, 0) is 36.5 Å². The summed E-state index contributed by atoms with van der Waals surface area (Å²) in [6, 6.07) is 14.6. The molecule has 8 heteroatoms. The third-order valence-electron chi connectivity index (χ3n) is 4.71. The van der Waals surface area contributed by atoms with Crippen molar-refractivity contribution >= 4 is 34.7 Å². The van der Waals surface area contributed by atoms with E-state index < -0.39 is 0 Å². The molecule has 0 atom stereocenters. The van der Waals surface area contributed by atoms with Crippen LogP contribution < -0.4 is 4.90 Å². The molecule has 7 nitrogen and oxygen atoms in total. The number of anilines is 1. The van der Waals surface area contributed by atoms with Gasteiger partial charge in [0, 0.05) is 44.0 Å². The fraction of sp³-hybridized carbons (Fsp3) is 0.278. The van der Waals surface area contributed by atoms with E-state index in [0.717, 1.165) is 43.0 Å². The van der Waals surface area contributed by atoms with E-state index >= 15 is 0 Å². The van der Waals surface area contributed by atoms with Gasteiger partial charge in [0.05, 0.1) is 17.1 Å². The zero-order chi connectivity index (χ0) is 18.1. The smallest absolute Gasteiger partial charge is 0.270 e. The highest BCUT2D eigenvalue weighted by Crippen LogP contribution is 2.22. The molecule has 1 aliphatic heterocycles. The summed E-state index contributed by atoms with van der Waals surface area (Å²) >= 11 is 5.36. The Labute approximate surface area is 155 Å². The maximum absolute atomic E-state index is 10.8. The number of fused-ring (bicyclic) bond motifs is 1. The van der Waals surface area contributed by atoms with Crippen molar-refractivity contribution in [3.8, 4) is 0 Å². The van der Waals surface area contributed by atoms with Crippen molar-refractivity contribution in [2.45, 2.75) is 6.67 Å². The van der Waals surface area contributed by atoms with Gasteiger partial charge < -0.3 is 9.32 Å². The van der Waals surface area contributed by atoms with E-state index in [9.17, 15) is 10.1 Å². The van der Waals surface area contributed by atoms with Gasteiger partial charge in [0.2, 0.25) is 0 Å². The molecule has 0 unspecified atom stereocenters. The van der Waals surface area contributed by atoms with Crippen molar-refractivity contribution in [3.63, 3.8) is 0 Å². The summed E-state index contributed by atoms with van der Waals surface area (Å²) in [7, 11) is 0. The lowest BCUT2D eigenvalue weighted by Gasteiger charge is -2.36. The number of nitro benzene ring substituents is 1. The average molecular weight is 370 g/mol. The summed E-state index contributed by atoms with van der Waals surface area (Å²) in [5, 5.41) is 10.8. The second kappa shape index (κ2) is 6.89. The summed E-state index contributed by atoms with van der Waals surface area (Å²) in [5.74, 6) is 0. The molecule has 1 fully saturated rings. The van der Waals surface area contributed by atoms with Crippen molar-refractivity contribution in [3.05, 3.63) is 63.5 Å². The maximum atomic E-state index is 10.8. The molecule has 2 heterocycles. The predicted octanol–water partition coefficient (Wildman–Crippen LogP) is 3.65. The molecule has 1 aromatic heterocycles. The standard InChI is InChI=1S/C18H18N4O3S/c23-22(24)15-7-5-14(6-8-15)20-11-9-19(10-12-20)13-21-16-3-1-2-4-17(16)25-18(21)26/h1-8H,9-13H2. The predicted molar refractivity (Wildman–Crippen MR) is 102 cm³/mol. The minimum atomic E-state index is -0.374. The van der Waals surface area contributed by atoms with E-state index in [1.54, 1.807) is 12.1 Å². The van der Waals surface area contributed by atoms with Gasteiger partial charge in [-0.15, -0.1) is 0 Å². The summed E-state index contributed by atoms with van der Waals surface area (Å²) in [6.07, 6.45) is 0. The van der Waals surface area contributed by atoms with E-state index in [-0.39, 0.29) is 10.6 Å². The third-order valence-corrected chi connectivity index (χ3v) is 5.02. The molecule has 3 aromatic rings. The van der Waals surface area contributed by atoms with Gasteiger partial charge in [-0.3, -0.25) is 19.6 Å². The van der Waals surface area contributed by atoms with E-state index in [4.69, 9.17) is 16.6 Å². The Morgan fingerprint density at radius 1 is 1.04 bits per heavy atom. The van der Waals surface area contributed by atoms with Gasteiger partial charge in [-0.25, -0.2) is 0 Å². The first-order valence-electron chi connectivity index (χ1n) is 8.42. The topological polar surface area (TPSA) is 67.7 Å². The maximum Gasteiger partial charge on any atom is 0.270 e. The van der Waals surface area contributed by atoms with Gasteiger partial charge in [-0.1, -0.05) is 12.1 Å². The second-order valence-electron chi connectivity index (χ2n) is 6.28. The molecule has 0 radical (unpaired) electrons. The number of oxazole rings is 1. The molecule has 1 saturated heterocycles. The number of rotatable bonds is 4. The van der Waals surface area contributed by atoms with Crippen molar-refractivity contribution in [2.24, 2.45) is 0 Å². The lowest BCUT2D eigenvalue weighted by molar-refractivity contribution is -0.384. The fourth-order valence-corrected chi connectivity index (χ4v) is 3.53. The summed E-state index contributed by atoms with van der Waals surface area (Å²) in [6.45, 7) is 4.20. The van der Waals surface area contributed by atoms with Gasteiger partial charge in [0.15, 0.2) is 5.58 Å². The van der Waals surface area contributed by atoms with E-state index in [1.165, 1.54) is 0 Å². The van der Waals surface area contributed by atoms with Crippen LogP contribution in [0.4, 0.5) is 11.4 Å². The van der Waals surface area contributed by atoms with Gasteiger partial charge in [0.25, 0.3) is 10.5 Å². The number of para-hydroxylation sites is 2. The van der Waals surface area contributed by atoms with Crippen LogP contribution in [0.25, 0.3) is 11.1 Å². The molecule has 0 saturated carbocycles. The fourth-order valence-electron chi connectivity index (χ4n) is 3.28. The number of hydrogen-bond donors (Lipinski definition) is 0. The van der Waals surface area contributed by atoms with E-state index in [1.807, 2.05) is 41.0 Å². The number of aromatic nitrogens is 1. The first kappa shape index (κ1) is 16.7. The molecule has 0 spiro atoms. The molecule has 2 aromatic carbocycles. The Kier molecular flexibility index (Phi) is 4.44. The van der Waals surface area contributed by atoms with Gasteiger partial charge in [0.1, 0.15) is 0 Å². The molecule has 26 heavy (non-hydrogen) atoms. The number of nitro groups is 1. The third kappa shape index (κ3) is 3.21.